The Hall–Kier alpha value is -0.590. The number of carbonyl (C=O) groups is 1. The molecule has 90 valence electrons. The van der Waals surface area contributed by atoms with Crippen molar-refractivity contribution in [3.8, 4) is 0 Å². The molecular formula is C15H24O. The van der Waals surface area contributed by atoms with Gasteiger partial charge >= 0.3 is 0 Å². The minimum absolute atomic E-state index is 0.405. The molecule has 0 aromatic rings. The fourth-order valence-electron chi connectivity index (χ4n) is 3.68. The van der Waals surface area contributed by atoms with Crippen molar-refractivity contribution in [2.24, 2.45) is 23.2 Å². The summed E-state index contributed by atoms with van der Waals surface area (Å²) in [7, 11) is 0. The average molecular weight is 220 g/mol. The van der Waals surface area contributed by atoms with Crippen LogP contribution < -0.4 is 0 Å². The molecule has 0 spiro atoms. The van der Waals surface area contributed by atoms with Crippen LogP contribution in [0.5, 0.6) is 0 Å². The van der Waals surface area contributed by atoms with Crippen molar-refractivity contribution >= 4 is 5.78 Å². The minimum Gasteiger partial charge on any atom is -0.299 e. The van der Waals surface area contributed by atoms with E-state index in [9.17, 15) is 4.79 Å². The molecule has 0 aromatic heterocycles. The Morgan fingerprint density at radius 2 is 2.00 bits per heavy atom. The average Bonchev–Trinajstić information content (AvgIpc) is 2.16. The second kappa shape index (κ2) is 4.01. The Labute approximate surface area is 99.3 Å². The molecule has 1 nitrogen and oxygen atoms in total. The molecule has 0 aliphatic heterocycles. The van der Waals surface area contributed by atoms with Gasteiger partial charge in [0.05, 0.1) is 0 Å². The highest BCUT2D eigenvalue weighted by Crippen LogP contribution is 2.56. The molecule has 2 rings (SSSR count). The maximum atomic E-state index is 11.8. The van der Waals surface area contributed by atoms with E-state index in [-0.39, 0.29) is 0 Å². The topological polar surface area (TPSA) is 17.1 Å². The summed E-state index contributed by atoms with van der Waals surface area (Å²) in [6, 6.07) is 0. The molecule has 2 aliphatic rings. The van der Waals surface area contributed by atoms with Crippen LogP contribution >= 0.6 is 0 Å². The number of hydrogen-bond acceptors (Lipinski definition) is 1. The number of carbonyl (C=O) groups excluding carboxylic acids is 1. The number of Topliss-reactive ketones (excluding diaryl/α,β-unsaturated/α-hetero) is 1. The van der Waals surface area contributed by atoms with Gasteiger partial charge in [0.25, 0.3) is 0 Å². The summed E-state index contributed by atoms with van der Waals surface area (Å²) in [5.74, 6) is 2.37. The Balaban J connectivity index is 2.13. The molecule has 2 saturated carbocycles. The van der Waals surface area contributed by atoms with E-state index < -0.39 is 0 Å². The monoisotopic (exact) mass is 220 g/mol. The molecule has 2 fully saturated rings. The third-order valence-corrected chi connectivity index (χ3v) is 4.73. The maximum Gasteiger partial charge on any atom is 0.137 e. The number of hydrogen-bond donors (Lipinski definition) is 0. The lowest BCUT2D eigenvalue weighted by atomic mass is 9.52. The molecule has 0 aromatic carbocycles. The number of fused-ring (bicyclic) bond motifs is 1. The number of ketones is 1. The van der Waals surface area contributed by atoms with Gasteiger partial charge in [-0.25, -0.2) is 0 Å². The summed E-state index contributed by atoms with van der Waals surface area (Å²) < 4.78 is 0. The SMILES string of the molecule is C=C1CC(=O)C[C@@H](C)CC[C@@H]2[C@@H]1CC2(C)C. The van der Waals surface area contributed by atoms with Gasteiger partial charge < -0.3 is 0 Å². The Kier molecular flexibility index (Phi) is 2.98. The van der Waals surface area contributed by atoms with Crippen LogP contribution in [0.1, 0.15) is 52.9 Å². The van der Waals surface area contributed by atoms with Crippen molar-refractivity contribution in [1.29, 1.82) is 0 Å². The molecule has 0 heterocycles. The minimum atomic E-state index is 0.405. The molecule has 0 amide bonds. The lowest BCUT2D eigenvalue weighted by molar-refractivity contribution is -0.119. The Bertz CT molecular complexity index is 313. The first-order valence-corrected chi connectivity index (χ1v) is 6.59. The van der Waals surface area contributed by atoms with Gasteiger partial charge in [-0.1, -0.05) is 32.9 Å². The van der Waals surface area contributed by atoms with E-state index >= 15 is 0 Å². The van der Waals surface area contributed by atoms with Crippen LogP contribution in [0.15, 0.2) is 12.2 Å². The van der Waals surface area contributed by atoms with Gasteiger partial charge in [-0.2, -0.15) is 0 Å². The van der Waals surface area contributed by atoms with Crippen LogP contribution in [0.3, 0.4) is 0 Å². The van der Waals surface area contributed by atoms with Gasteiger partial charge in [-0.15, -0.1) is 0 Å². The molecule has 0 radical (unpaired) electrons. The van der Waals surface area contributed by atoms with E-state index in [1.807, 2.05) is 0 Å². The molecule has 0 N–H and O–H groups in total. The lowest BCUT2D eigenvalue weighted by Gasteiger charge is -2.53. The summed E-state index contributed by atoms with van der Waals surface area (Å²) in [5.41, 5.74) is 1.68. The van der Waals surface area contributed by atoms with Crippen molar-refractivity contribution in [3.63, 3.8) is 0 Å². The summed E-state index contributed by atoms with van der Waals surface area (Å²) in [4.78, 5) is 11.8. The number of rotatable bonds is 0. The quantitative estimate of drug-likeness (QED) is 0.564. The van der Waals surface area contributed by atoms with Crippen molar-refractivity contribution < 1.29 is 4.79 Å². The summed E-state index contributed by atoms with van der Waals surface area (Å²) in [6.07, 6.45) is 5.13. The van der Waals surface area contributed by atoms with Crippen LogP contribution in [0, 0.1) is 23.2 Å². The Morgan fingerprint density at radius 1 is 1.31 bits per heavy atom. The molecule has 1 heteroatoms. The second-order valence-corrected chi connectivity index (χ2v) is 6.67. The van der Waals surface area contributed by atoms with E-state index in [0.29, 0.717) is 29.5 Å². The third kappa shape index (κ3) is 2.09. The largest absolute Gasteiger partial charge is 0.299 e. The number of allylic oxidation sites excluding steroid dienone is 1. The highest BCUT2D eigenvalue weighted by Gasteiger charge is 2.48. The van der Waals surface area contributed by atoms with E-state index in [1.54, 1.807) is 0 Å². The van der Waals surface area contributed by atoms with Gasteiger partial charge in [0.2, 0.25) is 0 Å². The maximum absolute atomic E-state index is 11.8. The van der Waals surface area contributed by atoms with E-state index in [4.69, 9.17) is 0 Å². The van der Waals surface area contributed by atoms with Crippen molar-refractivity contribution in [2.75, 3.05) is 0 Å². The first kappa shape index (κ1) is 11.9. The zero-order valence-corrected chi connectivity index (χ0v) is 10.9. The summed E-state index contributed by atoms with van der Waals surface area (Å²) in [5, 5.41) is 0. The van der Waals surface area contributed by atoms with E-state index in [1.165, 1.54) is 24.8 Å². The smallest absolute Gasteiger partial charge is 0.137 e. The van der Waals surface area contributed by atoms with Crippen LogP contribution in [0.25, 0.3) is 0 Å². The molecule has 3 atom stereocenters. The standard InChI is InChI=1S/C15H24O/c1-10-5-6-14-13(9-15(14,3)4)11(2)8-12(16)7-10/h10,13-14H,2,5-9H2,1,3-4H3/t10-,13+,14+/m0/s1. The predicted molar refractivity (Wildman–Crippen MR) is 67.2 cm³/mol. The normalized spacial score (nSPS) is 39.1. The fourth-order valence-corrected chi connectivity index (χ4v) is 3.68. The van der Waals surface area contributed by atoms with E-state index in [2.05, 4.69) is 27.4 Å². The van der Waals surface area contributed by atoms with Gasteiger partial charge in [-0.3, -0.25) is 4.79 Å². The highest BCUT2D eigenvalue weighted by molar-refractivity contribution is 5.81. The molecular weight excluding hydrogens is 196 g/mol. The van der Waals surface area contributed by atoms with Gasteiger partial charge in [0.1, 0.15) is 5.78 Å². The molecule has 2 aliphatic carbocycles. The van der Waals surface area contributed by atoms with Crippen LogP contribution in [0.2, 0.25) is 0 Å². The Morgan fingerprint density at radius 3 is 2.62 bits per heavy atom. The highest BCUT2D eigenvalue weighted by atomic mass is 16.1. The van der Waals surface area contributed by atoms with Crippen molar-refractivity contribution in [1.82, 2.24) is 0 Å². The first-order chi connectivity index (χ1) is 7.40. The van der Waals surface area contributed by atoms with Crippen LogP contribution in [-0.2, 0) is 4.79 Å². The van der Waals surface area contributed by atoms with Crippen molar-refractivity contribution in [2.45, 2.75) is 52.9 Å². The predicted octanol–water partition coefficient (Wildman–Crippen LogP) is 3.98. The fraction of sp³-hybridized carbons (Fsp3) is 0.800. The lowest BCUT2D eigenvalue weighted by Crippen LogP contribution is -2.44. The summed E-state index contributed by atoms with van der Waals surface area (Å²) >= 11 is 0. The van der Waals surface area contributed by atoms with E-state index in [0.717, 1.165) is 12.3 Å². The first-order valence-electron chi connectivity index (χ1n) is 6.59. The van der Waals surface area contributed by atoms with Gasteiger partial charge in [0.15, 0.2) is 0 Å². The van der Waals surface area contributed by atoms with Crippen LogP contribution in [-0.4, -0.2) is 5.78 Å². The zero-order valence-electron chi connectivity index (χ0n) is 10.9. The zero-order chi connectivity index (χ0) is 11.9. The summed E-state index contributed by atoms with van der Waals surface area (Å²) in [6.45, 7) is 11.1. The molecule has 0 bridgehead atoms. The van der Waals surface area contributed by atoms with Crippen LogP contribution in [0.4, 0.5) is 0 Å². The molecule has 0 unspecified atom stereocenters. The van der Waals surface area contributed by atoms with Gasteiger partial charge in [-0.05, 0) is 42.4 Å². The van der Waals surface area contributed by atoms with Gasteiger partial charge in [0, 0.05) is 12.8 Å². The molecule has 16 heavy (non-hydrogen) atoms. The third-order valence-electron chi connectivity index (χ3n) is 4.73. The molecule has 0 saturated heterocycles. The van der Waals surface area contributed by atoms with Crippen molar-refractivity contribution in [3.05, 3.63) is 12.2 Å². The second-order valence-electron chi connectivity index (χ2n) is 6.67.